The van der Waals surface area contributed by atoms with Gasteiger partial charge < -0.3 is 68.7 Å². The second kappa shape index (κ2) is 27.6. The summed E-state index contributed by atoms with van der Waals surface area (Å²) in [6.07, 6.45) is 0. The van der Waals surface area contributed by atoms with Gasteiger partial charge in [-0.3, -0.25) is 30.3 Å². The monoisotopic (exact) mass is 1180 g/mol. The molecule has 28 heteroatoms. The standard InChI is InChI=1S/C60H48N16O12/c77-55(67-49-7-1-4-10-52(49)70-58(80)64-40-19-31-46(32-20-40)74(83)84)61-37-13-25-43(26-14-37)73(44-27-15-38(16-28-44)62-56(78)68-50-8-2-5-11-53(50)71-59(81)65-41-21-33-47(34-22-41)75(85)86)45-29-17-39(18-30-45)63-57(79)69-51-9-3-6-12-54(51)72-60(82)66-42-23-35-48(36-24-42)76(87)88/h1-36H,(H2,61,67,77)(H2,62,68,78)(H2,63,69,79)(H2,64,70,80)(H2,65,71,81)(H2,66,72,82). The van der Waals surface area contributed by atoms with Crippen LogP contribution in [-0.4, -0.2) is 51.0 Å². The van der Waals surface area contributed by atoms with Crippen molar-refractivity contribution in [2.24, 2.45) is 0 Å². The Morgan fingerprint density at radius 3 is 0.557 bits per heavy atom. The number of hydrogen-bond acceptors (Lipinski definition) is 13. The van der Waals surface area contributed by atoms with Crippen LogP contribution in [0.3, 0.4) is 0 Å². The van der Waals surface area contributed by atoms with E-state index in [1.54, 1.807) is 146 Å². The fraction of sp³-hybridized carbons (Fsp3) is 0. The Bertz CT molecular complexity index is 3660. The molecule has 0 heterocycles. The number of carbonyl (C=O) groups excluding carboxylic acids is 6. The van der Waals surface area contributed by atoms with Gasteiger partial charge in [0, 0.05) is 87.6 Å². The van der Waals surface area contributed by atoms with Crippen LogP contribution in [-0.2, 0) is 0 Å². The molecule has 0 aliphatic heterocycles. The van der Waals surface area contributed by atoms with E-state index in [1.165, 1.54) is 72.8 Å². The number of carbonyl (C=O) groups is 6. The normalized spacial score (nSPS) is 10.4. The molecule has 0 aliphatic rings. The number of hydrogen-bond donors (Lipinski definition) is 12. The van der Waals surface area contributed by atoms with Gasteiger partial charge in [-0.1, -0.05) is 36.4 Å². The first kappa shape index (κ1) is 59.2. The van der Waals surface area contributed by atoms with Gasteiger partial charge in [-0.15, -0.1) is 0 Å². The molecular formula is C60H48N16O12. The smallest absolute Gasteiger partial charge is 0.310 e. The highest BCUT2D eigenvalue weighted by Gasteiger charge is 2.18. The number of nitrogens with zero attached hydrogens (tertiary/aromatic N) is 4. The largest absolute Gasteiger partial charge is 0.323 e. The van der Waals surface area contributed by atoms with Crippen LogP contribution in [0.5, 0.6) is 0 Å². The second-order valence-corrected chi connectivity index (χ2v) is 18.5. The lowest BCUT2D eigenvalue weighted by molar-refractivity contribution is -0.385. The second-order valence-electron chi connectivity index (χ2n) is 18.5. The summed E-state index contributed by atoms with van der Waals surface area (Å²) in [6, 6.07) is 51.5. The van der Waals surface area contributed by atoms with Crippen molar-refractivity contribution in [1.29, 1.82) is 0 Å². The number of anilines is 15. The molecule has 88 heavy (non-hydrogen) atoms. The lowest BCUT2D eigenvalue weighted by Crippen LogP contribution is -2.23. The molecule has 0 fully saturated rings. The van der Waals surface area contributed by atoms with Crippen LogP contribution in [0.2, 0.25) is 0 Å². The van der Waals surface area contributed by atoms with E-state index in [1.807, 2.05) is 4.90 Å². The number of nitrogens with one attached hydrogen (secondary N) is 12. The molecule has 440 valence electrons. The van der Waals surface area contributed by atoms with Gasteiger partial charge in [0.05, 0.1) is 48.9 Å². The highest BCUT2D eigenvalue weighted by molar-refractivity contribution is 6.09. The fourth-order valence-electron chi connectivity index (χ4n) is 8.34. The van der Waals surface area contributed by atoms with E-state index in [2.05, 4.69) is 63.8 Å². The molecule has 0 bridgehead atoms. The van der Waals surface area contributed by atoms with Crippen LogP contribution in [0.15, 0.2) is 218 Å². The van der Waals surface area contributed by atoms with Gasteiger partial charge in [-0.25, -0.2) is 28.8 Å². The number of para-hydroxylation sites is 6. The molecule has 0 aromatic heterocycles. The van der Waals surface area contributed by atoms with Crippen LogP contribution >= 0.6 is 0 Å². The van der Waals surface area contributed by atoms with Crippen molar-refractivity contribution in [2.75, 3.05) is 68.7 Å². The molecule has 0 atom stereocenters. The van der Waals surface area contributed by atoms with Gasteiger partial charge in [0.15, 0.2) is 0 Å². The average molecular weight is 1190 g/mol. The summed E-state index contributed by atoms with van der Waals surface area (Å²) in [5, 5.41) is 65.4. The van der Waals surface area contributed by atoms with Crippen LogP contribution in [0.25, 0.3) is 0 Å². The lowest BCUT2D eigenvalue weighted by Gasteiger charge is -2.26. The average Bonchev–Trinajstić information content (AvgIpc) is 2.35. The van der Waals surface area contributed by atoms with E-state index >= 15 is 0 Å². The van der Waals surface area contributed by atoms with Crippen molar-refractivity contribution in [3.05, 3.63) is 249 Å². The predicted molar refractivity (Wildman–Crippen MR) is 336 cm³/mol. The summed E-state index contributed by atoms with van der Waals surface area (Å²) < 4.78 is 0. The number of nitro groups is 3. The Labute approximate surface area is 497 Å². The molecule has 0 saturated carbocycles. The number of non-ortho nitro benzene ring substituents is 3. The van der Waals surface area contributed by atoms with Gasteiger partial charge in [-0.2, -0.15) is 0 Å². The van der Waals surface area contributed by atoms with E-state index in [0.717, 1.165) is 0 Å². The molecule has 9 aromatic rings. The van der Waals surface area contributed by atoms with Crippen LogP contribution < -0.4 is 68.7 Å². The first-order valence-corrected chi connectivity index (χ1v) is 26.1. The summed E-state index contributed by atoms with van der Waals surface area (Å²) in [4.78, 5) is 112. The number of urea groups is 6. The first-order valence-electron chi connectivity index (χ1n) is 26.1. The van der Waals surface area contributed by atoms with Gasteiger partial charge in [0.25, 0.3) is 17.1 Å². The van der Waals surface area contributed by atoms with E-state index in [4.69, 9.17) is 0 Å². The quantitative estimate of drug-likeness (QED) is 0.0281. The van der Waals surface area contributed by atoms with Crippen molar-refractivity contribution in [3.63, 3.8) is 0 Å². The van der Waals surface area contributed by atoms with Crippen molar-refractivity contribution < 1.29 is 43.5 Å². The summed E-state index contributed by atoms with van der Waals surface area (Å²) in [7, 11) is 0. The number of nitro benzene ring substituents is 3. The van der Waals surface area contributed by atoms with Crippen molar-refractivity contribution in [3.8, 4) is 0 Å². The third kappa shape index (κ3) is 16.2. The van der Waals surface area contributed by atoms with Gasteiger partial charge in [0.1, 0.15) is 0 Å². The van der Waals surface area contributed by atoms with E-state index in [0.29, 0.717) is 51.2 Å². The van der Waals surface area contributed by atoms with E-state index < -0.39 is 51.0 Å². The van der Waals surface area contributed by atoms with Crippen LogP contribution in [0.1, 0.15) is 0 Å². The number of rotatable bonds is 18. The highest BCUT2D eigenvalue weighted by Crippen LogP contribution is 2.37. The summed E-state index contributed by atoms with van der Waals surface area (Å²) in [5.74, 6) is 0. The van der Waals surface area contributed by atoms with Gasteiger partial charge in [-0.05, 0) is 146 Å². The molecule has 12 amide bonds. The Hall–Kier alpha value is -13.4. The zero-order valence-electron chi connectivity index (χ0n) is 45.5. The Kier molecular flexibility index (Phi) is 18.6. The maximum absolute atomic E-state index is 13.4. The maximum Gasteiger partial charge on any atom is 0.323 e. The third-order valence-corrected chi connectivity index (χ3v) is 12.4. The molecular weight excluding hydrogens is 1140 g/mol. The SMILES string of the molecule is O=C(Nc1ccc(N(c2ccc(NC(=O)Nc3ccccc3NC(=O)Nc3ccc([N+](=O)[O-])cc3)cc2)c2ccc(NC(=O)Nc3ccccc3NC(=O)Nc3ccc([N+](=O)[O-])cc3)cc2)cc1)Nc1ccccc1NC(=O)Nc1ccc([N+](=O)[O-])cc1. The Morgan fingerprint density at radius 1 is 0.239 bits per heavy atom. The topological polar surface area (TPSA) is 379 Å². The third-order valence-electron chi connectivity index (χ3n) is 12.4. The molecule has 28 nitrogen and oxygen atoms in total. The molecule has 0 unspecified atom stereocenters. The van der Waals surface area contributed by atoms with E-state index in [9.17, 15) is 59.1 Å². The zero-order chi connectivity index (χ0) is 62.1. The van der Waals surface area contributed by atoms with Crippen molar-refractivity contribution >= 4 is 139 Å². The minimum atomic E-state index is -0.670. The zero-order valence-corrected chi connectivity index (χ0v) is 45.5. The molecule has 9 aromatic carbocycles. The molecule has 0 saturated heterocycles. The number of amides is 12. The highest BCUT2D eigenvalue weighted by atomic mass is 16.6. The Balaban J connectivity index is 0.878. The first-order chi connectivity index (χ1) is 42.5. The summed E-state index contributed by atoms with van der Waals surface area (Å²) >= 11 is 0. The van der Waals surface area contributed by atoms with Crippen LogP contribution in [0, 0.1) is 30.3 Å². The fourth-order valence-corrected chi connectivity index (χ4v) is 8.34. The molecule has 9 rings (SSSR count). The Morgan fingerprint density at radius 2 is 0.398 bits per heavy atom. The number of benzene rings is 9. The molecule has 12 N–H and O–H groups in total. The molecule has 0 radical (unpaired) electrons. The van der Waals surface area contributed by atoms with Crippen LogP contribution in [0.4, 0.5) is 131 Å². The van der Waals surface area contributed by atoms with Gasteiger partial charge in [0.2, 0.25) is 0 Å². The molecule has 0 aliphatic carbocycles. The van der Waals surface area contributed by atoms with Crippen molar-refractivity contribution in [1.82, 2.24) is 0 Å². The minimum absolute atomic E-state index is 0.147. The predicted octanol–water partition coefficient (Wildman–Crippen LogP) is 14.7. The van der Waals surface area contributed by atoms with Crippen molar-refractivity contribution in [2.45, 2.75) is 0 Å². The maximum atomic E-state index is 13.4. The summed E-state index contributed by atoms with van der Waals surface area (Å²) in [5.41, 5.74) is 4.87. The lowest BCUT2D eigenvalue weighted by atomic mass is 10.1. The van der Waals surface area contributed by atoms with E-state index in [-0.39, 0.29) is 51.2 Å². The minimum Gasteiger partial charge on any atom is -0.310 e. The van der Waals surface area contributed by atoms with Gasteiger partial charge >= 0.3 is 36.2 Å². The summed E-state index contributed by atoms with van der Waals surface area (Å²) in [6.45, 7) is 0. The molecule has 0 spiro atoms.